The van der Waals surface area contributed by atoms with Crippen LogP contribution in [0.5, 0.6) is 0 Å². The third-order valence-corrected chi connectivity index (χ3v) is 4.73. The third-order valence-electron chi connectivity index (χ3n) is 4.73. The summed E-state index contributed by atoms with van der Waals surface area (Å²) < 4.78 is 7.80. The zero-order valence-corrected chi connectivity index (χ0v) is 13.3. The molecule has 5 heteroatoms. The van der Waals surface area contributed by atoms with Gasteiger partial charge in [0.1, 0.15) is 0 Å². The molecular weight excluding hydrogens is 264 g/mol. The number of nitrogens with zero attached hydrogens (tertiary/aromatic N) is 3. The van der Waals surface area contributed by atoms with E-state index < -0.39 is 0 Å². The zero-order valence-electron chi connectivity index (χ0n) is 13.3. The Balaban J connectivity index is 1.67. The van der Waals surface area contributed by atoms with E-state index in [0.717, 1.165) is 57.5 Å². The first kappa shape index (κ1) is 14.9. The molecule has 1 aromatic heterocycles. The number of aromatic nitrogens is 2. The minimum atomic E-state index is 0.805. The second kappa shape index (κ2) is 6.79. The fourth-order valence-electron chi connectivity index (χ4n) is 3.55. The molecule has 0 radical (unpaired) electrons. The van der Waals surface area contributed by atoms with Crippen LogP contribution < -0.4 is 10.2 Å². The fourth-order valence-corrected chi connectivity index (χ4v) is 3.55. The van der Waals surface area contributed by atoms with Crippen LogP contribution in [-0.4, -0.2) is 48.9 Å². The van der Waals surface area contributed by atoms with Gasteiger partial charge in [-0.15, -0.1) is 0 Å². The minimum Gasteiger partial charge on any atom is -0.382 e. The first-order valence-electron chi connectivity index (χ1n) is 8.41. The first-order chi connectivity index (χ1) is 10.3. The van der Waals surface area contributed by atoms with Crippen molar-refractivity contribution < 1.29 is 4.74 Å². The van der Waals surface area contributed by atoms with E-state index in [1.807, 2.05) is 0 Å². The van der Waals surface area contributed by atoms with Crippen molar-refractivity contribution in [2.75, 3.05) is 44.3 Å². The molecule has 2 atom stereocenters. The van der Waals surface area contributed by atoms with Crippen LogP contribution in [0, 0.1) is 11.8 Å². The molecule has 2 fully saturated rings. The summed E-state index contributed by atoms with van der Waals surface area (Å²) in [7, 11) is 0. The van der Waals surface area contributed by atoms with Gasteiger partial charge >= 0.3 is 0 Å². The second-order valence-corrected chi connectivity index (χ2v) is 6.21. The number of imidazole rings is 1. The van der Waals surface area contributed by atoms with Crippen LogP contribution in [0.25, 0.3) is 0 Å². The average molecular weight is 292 g/mol. The van der Waals surface area contributed by atoms with Crippen molar-refractivity contribution in [3.05, 3.63) is 11.9 Å². The smallest absolute Gasteiger partial charge is 0.205 e. The van der Waals surface area contributed by atoms with Crippen LogP contribution in [0.15, 0.2) is 6.20 Å². The molecule has 0 aromatic carbocycles. The van der Waals surface area contributed by atoms with Gasteiger partial charge in [-0.25, -0.2) is 4.98 Å². The molecule has 1 aromatic rings. The predicted octanol–water partition coefficient (Wildman–Crippen LogP) is 1.53. The molecule has 2 saturated heterocycles. The lowest BCUT2D eigenvalue weighted by Crippen LogP contribution is -2.28. The van der Waals surface area contributed by atoms with Crippen molar-refractivity contribution >= 4 is 5.95 Å². The van der Waals surface area contributed by atoms with E-state index in [1.54, 1.807) is 0 Å². The first-order valence-corrected chi connectivity index (χ1v) is 8.41. The predicted molar refractivity (Wildman–Crippen MR) is 84.8 cm³/mol. The van der Waals surface area contributed by atoms with E-state index in [4.69, 9.17) is 9.72 Å². The molecule has 3 rings (SSSR count). The number of hydrogen-bond donors (Lipinski definition) is 1. The van der Waals surface area contributed by atoms with Crippen LogP contribution >= 0.6 is 0 Å². The van der Waals surface area contributed by atoms with Gasteiger partial charge in [-0.1, -0.05) is 6.92 Å². The molecule has 0 bridgehead atoms. The Kier molecular flexibility index (Phi) is 4.80. The van der Waals surface area contributed by atoms with E-state index >= 15 is 0 Å². The molecule has 3 heterocycles. The number of ether oxygens (including phenoxy) is 1. The van der Waals surface area contributed by atoms with Crippen molar-refractivity contribution in [1.29, 1.82) is 0 Å². The molecule has 118 valence electrons. The maximum Gasteiger partial charge on any atom is 0.205 e. The van der Waals surface area contributed by atoms with Gasteiger partial charge in [0.15, 0.2) is 0 Å². The van der Waals surface area contributed by atoms with E-state index in [2.05, 4.69) is 34.8 Å². The van der Waals surface area contributed by atoms with Crippen LogP contribution in [0.3, 0.4) is 0 Å². The number of hydrogen-bond acceptors (Lipinski definition) is 4. The number of nitrogens with one attached hydrogen (secondary N) is 1. The molecule has 0 amide bonds. The Labute approximate surface area is 127 Å². The van der Waals surface area contributed by atoms with Crippen molar-refractivity contribution in [2.45, 2.75) is 33.2 Å². The van der Waals surface area contributed by atoms with E-state index in [0.29, 0.717) is 0 Å². The molecular formula is C16H28N4O. The van der Waals surface area contributed by atoms with Gasteiger partial charge in [-0.05, 0) is 31.6 Å². The monoisotopic (exact) mass is 292 g/mol. The quantitative estimate of drug-likeness (QED) is 0.774. The molecule has 21 heavy (non-hydrogen) atoms. The Morgan fingerprint density at radius 3 is 2.71 bits per heavy atom. The summed E-state index contributed by atoms with van der Waals surface area (Å²) >= 11 is 0. The van der Waals surface area contributed by atoms with Gasteiger partial charge in [0.2, 0.25) is 5.95 Å². The van der Waals surface area contributed by atoms with Crippen molar-refractivity contribution in [3.63, 3.8) is 0 Å². The lowest BCUT2D eigenvalue weighted by Gasteiger charge is -2.20. The number of rotatable bonds is 7. The molecule has 0 saturated carbocycles. The SMILES string of the molecule is CCOCCCn1cc(CC)nc1N1CC2CNCC2C1. The summed E-state index contributed by atoms with van der Waals surface area (Å²) in [4.78, 5) is 7.36. The summed E-state index contributed by atoms with van der Waals surface area (Å²) in [5.41, 5.74) is 1.21. The second-order valence-electron chi connectivity index (χ2n) is 6.21. The summed E-state index contributed by atoms with van der Waals surface area (Å²) in [5, 5.41) is 3.51. The van der Waals surface area contributed by atoms with E-state index in [9.17, 15) is 0 Å². The van der Waals surface area contributed by atoms with Crippen LogP contribution in [0.1, 0.15) is 26.0 Å². The van der Waals surface area contributed by atoms with E-state index in [-0.39, 0.29) is 0 Å². The Bertz CT molecular complexity index is 447. The lowest BCUT2D eigenvalue weighted by atomic mass is 10.0. The Hall–Kier alpha value is -1.07. The van der Waals surface area contributed by atoms with Crippen LogP contribution in [-0.2, 0) is 17.7 Å². The normalized spacial score (nSPS) is 24.8. The largest absolute Gasteiger partial charge is 0.382 e. The summed E-state index contributed by atoms with van der Waals surface area (Å²) in [6.07, 6.45) is 4.30. The molecule has 0 spiro atoms. The highest BCUT2D eigenvalue weighted by atomic mass is 16.5. The highest BCUT2D eigenvalue weighted by Crippen LogP contribution is 2.30. The summed E-state index contributed by atoms with van der Waals surface area (Å²) in [6, 6.07) is 0. The van der Waals surface area contributed by atoms with E-state index in [1.165, 1.54) is 24.7 Å². The van der Waals surface area contributed by atoms with Gasteiger partial charge in [0.05, 0.1) is 5.69 Å². The molecule has 2 aliphatic rings. The van der Waals surface area contributed by atoms with Crippen LogP contribution in [0.2, 0.25) is 0 Å². The maximum atomic E-state index is 5.46. The van der Waals surface area contributed by atoms with Gasteiger partial charge in [-0.3, -0.25) is 0 Å². The molecule has 0 aliphatic carbocycles. The van der Waals surface area contributed by atoms with Gasteiger partial charge in [0.25, 0.3) is 0 Å². The molecule has 5 nitrogen and oxygen atoms in total. The van der Waals surface area contributed by atoms with Crippen molar-refractivity contribution in [3.8, 4) is 0 Å². The Morgan fingerprint density at radius 2 is 2.05 bits per heavy atom. The fraction of sp³-hybridized carbons (Fsp3) is 0.812. The standard InChI is InChI=1S/C16H28N4O/c1-3-15-12-19(6-5-7-21-4-2)16(18-15)20-10-13-8-17-9-14(13)11-20/h12-14,17H,3-11H2,1-2H3. The Morgan fingerprint density at radius 1 is 1.29 bits per heavy atom. The number of aryl methyl sites for hydroxylation is 2. The minimum absolute atomic E-state index is 0.805. The van der Waals surface area contributed by atoms with Crippen molar-refractivity contribution in [2.24, 2.45) is 11.8 Å². The van der Waals surface area contributed by atoms with Crippen LogP contribution in [0.4, 0.5) is 5.95 Å². The topological polar surface area (TPSA) is 42.3 Å². The molecule has 2 unspecified atom stereocenters. The highest BCUT2D eigenvalue weighted by molar-refractivity contribution is 5.36. The van der Waals surface area contributed by atoms with Gasteiger partial charge < -0.3 is 19.5 Å². The number of fused-ring (bicyclic) bond motifs is 1. The highest BCUT2D eigenvalue weighted by Gasteiger charge is 2.37. The summed E-state index contributed by atoms with van der Waals surface area (Å²) in [6.45, 7) is 11.5. The molecule has 2 aliphatic heterocycles. The maximum absolute atomic E-state index is 5.46. The zero-order chi connectivity index (χ0) is 14.7. The lowest BCUT2D eigenvalue weighted by molar-refractivity contribution is 0.141. The molecule has 1 N–H and O–H groups in total. The van der Waals surface area contributed by atoms with Gasteiger partial charge in [0, 0.05) is 52.1 Å². The summed E-state index contributed by atoms with van der Waals surface area (Å²) in [5.74, 6) is 2.80. The number of anilines is 1. The van der Waals surface area contributed by atoms with Gasteiger partial charge in [-0.2, -0.15) is 0 Å². The van der Waals surface area contributed by atoms with Crippen molar-refractivity contribution in [1.82, 2.24) is 14.9 Å². The average Bonchev–Trinajstić information content (AvgIpc) is 3.16. The third kappa shape index (κ3) is 3.24.